The van der Waals surface area contributed by atoms with Gasteiger partial charge in [-0.05, 0) is 63.7 Å². The summed E-state index contributed by atoms with van der Waals surface area (Å²) in [6, 6.07) is 0. The van der Waals surface area contributed by atoms with Gasteiger partial charge in [-0.1, -0.05) is 31.4 Å². The SMILES string of the molecule is CCCCCC1=CC(=O)C2=C(OC(C)(C)C3=C2C=C(C)CC3)C1=O. The molecule has 0 fully saturated rings. The molecular formula is C21H26O3. The Bertz CT molecular complexity index is 726. The van der Waals surface area contributed by atoms with E-state index < -0.39 is 5.60 Å². The second kappa shape index (κ2) is 6.19. The lowest BCUT2D eigenvalue weighted by molar-refractivity contribution is -0.121. The van der Waals surface area contributed by atoms with Crippen LogP contribution in [-0.4, -0.2) is 17.2 Å². The number of hydrogen-bond acceptors (Lipinski definition) is 3. The van der Waals surface area contributed by atoms with Gasteiger partial charge in [0.15, 0.2) is 11.5 Å². The second-order valence-corrected chi connectivity index (χ2v) is 7.52. The molecule has 1 heterocycles. The Labute approximate surface area is 144 Å². The summed E-state index contributed by atoms with van der Waals surface area (Å²) in [5.74, 6) is 0.0886. The maximum atomic E-state index is 12.9. The van der Waals surface area contributed by atoms with Gasteiger partial charge in [0, 0.05) is 5.57 Å². The summed E-state index contributed by atoms with van der Waals surface area (Å²) in [6.07, 6.45) is 9.21. The third kappa shape index (κ3) is 2.81. The molecule has 0 N–H and O–H groups in total. The Balaban J connectivity index is 2.01. The molecule has 3 heteroatoms. The average molecular weight is 326 g/mol. The Morgan fingerprint density at radius 2 is 1.88 bits per heavy atom. The molecule has 24 heavy (non-hydrogen) atoms. The fraction of sp³-hybridized carbons (Fsp3) is 0.524. The first-order valence-electron chi connectivity index (χ1n) is 8.99. The lowest BCUT2D eigenvalue weighted by Gasteiger charge is -2.39. The van der Waals surface area contributed by atoms with E-state index in [0.29, 0.717) is 17.6 Å². The highest BCUT2D eigenvalue weighted by molar-refractivity contribution is 6.24. The summed E-state index contributed by atoms with van der Waals surface area (Å²) in [5.41, 5.74) is 3.85. The summed E-state index contributed by atoms with van der Waals surface area (Å²) in [6.45, 7) is 8.19. The van der Waals surface area contributed by atoms with Crippen LogP contribution in [0.5, 0.6) is 0 Å². The average Bonchev–Trinajstić information content (AvgIpc) is 2.51. The number of ketones is 2. The first-order valence-corrected chi connectivity index (χ1v) is 8.99. The molecular weight excluding hydrogens is 300 g/mol. The lowest BCUT2D eigenvalue weighted by atomic mass is 9.75. The summed E-state index contributed by atoms with van der Waals surface area (Å²) in [5, 5.41) is 0. The Hall–Kier alpha value is -1.90. The molecule has 3 aliphatic rings. The smallest absolute Gasteiger partial charge is 0.224 e. The van der Waals surface area contributed by atoms with Crippen LogP contribution in [-0.2, 0) is 14.3 Å². The van der Waals surface area contributed by atoms with Crippen molar-refractivity contribution in [2.24, 2.45) is 0 Å². The van der Waals surface area contributed by atoms with E-state index in [4.69, 9.17) is 4.74 Å². The summed E-state index contributed by atoms with van der Waals surface area (Å²) < 4.78 is 6.08. The van der Waals surface area contributed by atoms with E-state index in [1.807, 2.05) is 13.8 Å². The zero-order valence-electron chi connectivity index (χ0n) is 15.1. The van der Waals surface area contributed by atoms with Crippen molar-refractivity contribution in [3.05, 3.63) is 45.8 Å². The molecule has 3 rings (SSSR count). The Morgan fingerprint density at radius 3 is 2.58 bits per heavy atom. The molecule has 2 aliphatic carbocycles. The maximum absolute atomic E-state index is 12.9. The summed E-state index contributed by atoms with van der Waals surface area (Å²) in [4.78, 5) is 25.7. The van der Waals surface area contributed by atoms with Gasteiger partial charge in [0.05, 0.1) is 5.57 Å². The molecule has 128 valence electrons. The van der Waals surface area contributed by atoms with Crippen LogP contribution in [0, 0.1) is 0 Å². The predicted molar refractivity (Wildman–Crippen MR) is 94.4 cm³/mol. The highest BCUT2D eigenvalue weighted by atomic mass is 16.5. The minimum Gasteiger partial charge on any atom is -0.479 e. The third-order valence-corrected chi connectivity index (χ3v) is 5.16. The van der Waals surface area contributed by atoms with Crippen molar-refractivity contribution in [3.8, 4) is 0 Å². The molecule has 3 nitrogen and oxygen atoms in total. The standard InChI is InChI=1S/C21H26O3/c1-5-6-7-8-14-12-17(22)18-15-11-13(2)9-10-16(15)21(3,4)24-20(18)19(14)23/h11-12H,5-10H2,1-4H3. The van der Waals surface area contributed by atoms with Crippen LogP contribution in [0.15, 0.2) is 45.8 Å². The molecule has 0 aromatic rings. The van der Waals surface area contributed by atoms with E-state index in [0.717, 1.165) is 43.3 Å². The normalized spacial score (nSPS) is 22.7. The number of ether oxygens (including phenoxy) is 1. The van der Waals surface area contributed by atoms with Gasteiger partial charge < -0.3 is 4.74 Å². The molecule has 0 amide bonds. The summed E-state index contributed by atoms with van der Waals surface area (Å²) >= 11 is 0. The minimum atomic E-state index is -0.535. The van der Waals surface area contributed by atoms with E-state index in [9.17, 15) is 9.59 Å². The highest BCUT2D eigenvalue weighted by Crippen LogP contribution is 2.45. The van der Waals surface area contributed by atoms with E-state index in [1.54, 1.807) is 6.08 Å². The van der Waals surface area contributed by atoms with Gasteiger partial charge >= 0.3 is 0 Å². The Kier molecular flexibility index (Phi) is 4.37. The van der Waals surface area contributed by atoms with E-state index in [2.05, 4.69) is 19.9 Å². The van der Waals surface area contributed by atoms with Crippen LogP contribution in [0.2, 0.25) is 0 Å². The number of Topliss-reactive ketones (excluding diaryl/α,β-unsaturated/α-hetero) is 1. The molecule has 0 saturated carbocycles. The Morgan fingerprint density at radius 1 is 1.12 bits per heavy atom. The third-order valence-electron chi connectivity index (χ3n) is 5.16. The van der Waals surface area contributed by atoms with Gasteiger partial charge in [0.2, 0.25) is 5.78 Å². The molecule has 1 aliphatic heterocycles. The fourth-order valence-corrected chi connectivity index (χ4v) is 3.80. The van der Waals surface area contributed by atoms with Crippen LogP contribution >= 0.6 is 0 Å². The van der Waals surface area contributed by atoms with Gasteiger partial charge in [-0.25, -0.2) is 0 Å². The van der Waals surface area contributed by atoms with E-state index in [1.165, 1.54) is 5.57 Å². The predicted octanol–water partition coefficient (Wildman–Crippen LogP) is 4.74. The van der Waals surface area contributed by atoms with Crippen molar-refractivity contribution in [2.75, 3.05) is 0 Å². The van der Waals surface area contributed by atoms with E-state index >= 15 is 0 Å². The van der Waals surface area contributed by atoms with Gasteiger partial charge in [-0.2, -0.15) is 0 Å². The largest absolute Gasteiger partial charge is 0.479 e. The molecule has 0 radical (unpaired) electrons. The number of carbonyl (C=O) groups excluding carboxylic acids is 2. The van der Waals surface area contributed by atoms with Crippen LogP contribution < -0.4 is 0 Å². The molecule has 0 saturated heterocycles. The number of carbonyl (C=O) groups is 2. The minimum absolute atomic E-state index is 0.0787. The number of allylic oxidation sites excluding steroid dienone is 6. The number of unbranched alkanes of at least 4 members (excludes halogenated alkanes) is 2. The molecule has 0 bridgehead atoms. The first kappa shape index (κ1) is 16.9. The maximum Gasteiger partial charge on any atom is 0.224 e. The van der Waals surface area contributed by atoms with Crippen molar-refractivity contribution in [1.82, 2.24) is 0 Å². The van der Waals surface area contributed by atoms with Crippen LogP contribution in [0.3, 0.4) is 0 Å². The zero-order valence-corrected chi connectivity index (χ0v) is 15.1. The van der Waals surface area contributed by atoms with E-state index in [-0.39, 0.29) is 17.3 Å². The molecule has 0 unspecified atom stereocenters. The molecule has 0 spiro atoms. The monoisotopic (exact) mass is 326 g/mol. The van der Waals surface area contributed by atoms with Gasteiger partial charge in [-0.3, -0.25) is 9.59 Å². The quantitative estimate of drug-likeness (QED) is 0.553. The highest BCUT2D eigenvalue weighted by Gasteiger charge is 2.42. The van der Waals surface area contributed by atoms with Crippen molar-refractivity contribution < 1.29 is 14.3 Å². The number of hydrogen-bond donors (Lipinski definition) is 0. The molecule has 0 aromatic heterocycles. The number of fused-ring (bicyclic) bond motifs is 1. The fourth-order valence-electron chi connectivity index (χ4n) is 3.80. The molecule has 0 atom stereocenters. The zero-order chi connectivity index (χ0) is 17.5. The van der Waals surface area contributed by atoms with Crippen molar-refractivity contribution in [1.29, 1.82) is 0 Å². The summed E-state index contributed by atoms with van der Waals surface area (Å²) in [7, 11) is 0. The van der Waals surface area contributed by atoms with Crippen molar-refractivity contribution in [3.63, 3.8) is 0 Å². The van der Waals surface area contributed by atoms with Gasteiger partial charge in [0.25, 0.3) is 0 Å². The van der Waals surface area contributed by atoms with Gasteiger partial charge in [0.1, 0.15) is 5.60 Å². The molecule has 0 aromatic carbocycles. The topological polar surface area (TPSA) is 43.4 Å². The van der Waals surface area contributed by atoms with Crippen molar-refractivity contribution in [2.45, 2.75) is 71.8 Å². The van der Waals surface area contributed by atoms with Crippen LogP contribution in [0.1, 0.15) is 66.2 Å². The number of rotatable bonds is 4. The van der Waals surface area contributed by atoms with Gasteiger partial charge in [-0.15, -0.1) is 0 Å². The first-order chi connectivity index (χ1) is 11.3. The lowest BCUT2D eigenvalue weighted by Crippen LogP contribution is -2.38. The van der Waals surface area contributed by atoms with Crippen LogP contribution in [0.4, 0.5) is 0 Å². The van der Waals surface area contributed by atoms with Crippen LogP contribution in [0.25, 0.3) is 0 Å². The van der Waals surface area contributed by atoms with Crippen molar-refractivity contribution >= 4 is 11.6 Å². The second-order valence-electron chi connectivity index (χ2n) is 7.52.